The molecule has 188 valence electrons. The molecule has 0 aromatic carbocycles. The largest absolute Gasteiger partial charge is 0.444 e. The molecule has 1 amide bonds. The summed E-state index contributed by atoms with van der Waals surface area (Å²) in [6, 6.07) is 2.66. The Labute approximate surface area is 206 Å². The zero-order valence-corrected chi connectivity index (χ0v) is 21.1. The standard InChI is InChI=1S/C24H35N9O2/c1-16-11-26-21(28-19-12-27-32(5)13-19)30-20(16)33-14-24(15-33,8-9-25)31-18-7-6-17(10-18)29-22(34)35-23(2,3)4/h11-13,17-18,31H,6-8,10,14-15H2,1-5H3,(H,29,34)(H,26,28,30)/t17-,18-/m0/s1. The van der Waals surface area contributed by atoms with Crippen molar-refractivity contribution in [3.05, 3.63) is 24.2 Å². The van der Waals surface area contributed by atoms with Crippen molar-refractivity contribution in [3.63, 3.8) is 0 Å². The summed E-state index contributed by atoms with van der Waals surface area (Å²) in [7, 11) is 1.86. The molecule has 2 atom stereocenters. The molecule has 11 nitrogen and oxygen atoms in total. The predicted molar refractivity (Wildman–Crippen MR) is 132 cm³/mol. The molecule has 2 fully saturated rings. The van der Waals surface area contributed by atoms with Gasteiger partial charge in [-0.3, -0.25) is 4.68 Å². The number of hydrogen-bond donors (Lipinski definition) is 3. The second-order valence-electron chi connectivity index (χ2n) is 10.7. The van der Waals surface area contributed by atoms with Crippen LogP contribution in [0, 0.1) is 18.3 Å². The van der Waals surface area contributed by atoms with Crippen LogP contribution in [0.3, 0.4) is 0 Å². The first kappa shape index (κ1) is 24.7. The van der Waals surface area contributed by atoms with E-state index in [1.807, 2.05) is 47.1 Å². The average molecular weight is 482 g/mol. The van der Waals surface area contributed by atoms with Crippen LogP contribution in [0.2, 0.25) is 0 Å². The maximum absolute atomic E-state index is 12.1. The van der Waals surface area contributed by atoms with E-state index in [1.165, 1.54) is 0 Å². The molecule has 0 bridgehead atoms. The summed E-state index contributed by atoms with van der Waals surface area (Å²) in [5, 5.41) is 23.6. The third-order valence-corrected chi connectivity index (χ3v) is 6.27. The fourth-order valence-corrected chi connectivity index (χ4v) is 4.82. The first-order valence-electron chi connectivity index (χ1n) is 12.0. The third kappa shape index (κ3) is 6.19. The van der Waals surface area contributed by atoms with Crippen molar-refractivity contribution >= 4 is 23.5 Å². The first-order chi connectivity index (χ1) is 16.5. The highest BCUT2D eigenvalue weighted by Crippen LogP contribution is 2.33. The molecule has 3 heterocycles. The summed E-state index contributed by atoms with van der Waals surface area (Å²) >= 11 is 0. The first-order valence-corrected chi connectivity index (χ1v) is 12.0. The summed E-state index contributed by atoms with van der Waals surface area (Å²) in [6.45, 7) is 8.94. The van der Waals surface area contributed by atoms with Crippen LogP contribution in [0.5, 0.6) is 0 Å². The van der Waals surface area contributed by atoms with Gasteiger partial charge in [0, 0.05) is 50.2 Å². The van der Waals surface area contributed by atoms with Crippen LogP contribution in [-0.2, 0) is 11.8 Å². The van der Waals surface area contributed by atoms with E-state index in [1.54, 1.807) is 10.9 Å². The second-order valence-corrected chi connectivity index (χ2v) is 10.7. The van der Waals surface area contributed by atoms with Gasteiger partial charge < -0.3 is 25.6 Å². The number of nitrogens with zero attached hydrogens (tertiary/aromatic N) is 6. The molecule has 0 unspecified atom stereocenters. The number of alkyl carbamates (subject to hydrolysis) is 1. The molecule has 2 aromatic heterocycles. The minimum absolute atomic E-state index is 0.0721. The quantitative estimate of drug-likeness (QED) is 0.546. The molecule has 0 radical (unpaired) electrons. The topological polar surface area (TPSA) is 133 Å². The molecule has 35 heavy (non-hydrogen) atoms. The number of ether oxygens (including phenoxy) is 1. The van der Waals surface area contributed by atoms with Gasteiger partial charge in [-0.05, 0) is 47.0 Å². The van der Waals surface area contributed by atoms with Gasteiger partial charge in [-0.1, -0.05) is 0 Å². The van der Waals surface area contributed by atoms with Gasteiger partial charge in [0.15, 0.2) is 0 Å². The van der Waals surface area contributed by atoms with Crippen molar-refractivity contribution in [2.75, 3.05) is 23.3 Å². The molecule has 1 saturated carbocycles. The smallest absolute Gasteiger partial charge is 0.407 e. The summed E-state index contributed by atoms with van der Waals surface area (Å²) in [5.41, 5.74) is 0.991. The van der Waals surface area contributed by atoms with Crippen molar-refractivity contribution in [3.8, 4) is 6.07 Å². The van der Waals surface area contributed by atoms with Gasteiger partial charge in [0.2, 0.25) is 5.95 Å². The van der Waals surface area contributed by atoms with E-state index in [-0.39, 0.29) is 23.7 Å². The Hall–Kier alpha value is -3.39. The van der Waals surface area contributed by atoms with Crippen molar-refractivity contribution in [2.45, 2.75) is 76.6 Å². The molecule has 1 saturated heterocycles. The fraction of sp³-hybridized carbons (Fsp3) is 0.625. The molecular weight excluding hydrogens is 446 g/mol. The lowest BCUT2D eigenvalue weighted by molar-refractivity contribution is 0.0505. The lowest BCUT2D eigenvalue weighted by Gasteiger charge is -2.51. The van der Waals surface area contributed by atoms with Crippen LogP contribution in [0.4, 0.5) is 22.2 Å². The monoisotopic (exact) mass is 481 g/mol. The summed E-state index contributed by atoms with van der Waals surface area (Å²) < 4.78 is 7.10. The molecule has 0 spiro atoms. The highest BCUT2D eigenvalue weighted by Gasteiger charge is 2.46. The molecule has 1 aliphatic heterocycles. The Kier molecular flexibility index (Phi) is 6.85. The fourth-order valence-electron chi connectivity index (χ4n) is 4.82. The zero-order chi connectivity index (χ0) is 25.2. The maximum atomic E-state index is 12.1. The van der Waals surface area contributed by atoms with Crippen LogP contribution in [-0.4, -0.2) is 62.2 Å². The van der Waals surface area contributed by atoms with Crippen LogP contribution in [0.1, 0.15) is 52.0 Å². The minimum atomic E-state index is -0.515. The zero-order valence-electron chi connectivity index (χ0n) is 21.1. The molecule has 3 N–H and O–H groups in total. The minimum Gasteiger partial charge on any atom is -0.444 e. The number of aryl methyl sites for hydroxylation is 2. The number of carbonyl (C=O) groups excluding carboxylic acids is 1. The average Bonchev–Trinajstić information content (AvgIpc) is 3.34. The van der Waals surface area contributed by atoms with Crippen LogP contribution in [0.15, 0.2) is 18.6 Å². The highest BCUT2D eigenvalue weighted by atomic mass is 16.6. The van der Waals surface area contributed by atoms with E-state index in [0.29, 0.717) is 25.5 Å². The summed E-state index contributed by atoms with van der Waals surface area (Å²) in [4.78, 5) is 23.4. The molecule has 11 heteroatoms. The van der Waals surface area contributed by atoms with Crippen LogP contribution < -0.4 is 20.9 Å². The lowest BCUT2D eigenvalue weighted by Crippen LogP contribution is -2.71. The van der Waals surface area contributed by atoms with E-state index in [9.17, 15) is 10.1 Å². The van der Waals surface area contributed by atoms with Crippen LogP contribution >= 0.6 is 0 Å². The molecule has 1 aliphatic carbocycles. The van der Waals surface area contributed by atoms with Crippen molar-refractivity contribution in [1.82, 2.24) is 30.4 Å². The number of rotatable bonds is 7. The number of aromatic nitrogens is 4. The Bertz CT molecular complexity index is 1100. The van der Waals surface area contributed by atoms with Gasteiger partial charge in [0.25, 0.3) is 0 Å². The SMILES string of the molecule is Cc1cnc(Nc2cnn(C)c2)nc1N1CC(CC#N)(N[C@H]2CC[C@H](NC(=O)OC(C)(C)C)C2)C1. The number of carbonyl (C=O) groups is 1. The van der Waals surface area contributed by atoms with Gasteiger partial charge in [0.05, 0.1) is 29.9 Å². The summed E-state index contributed by atoms with van der Waals surface area (Å²) in [5.74, 6) is 1.37. The number of hydrogen-bond acceptors (Lipinski definition) is 9. The van der Waals surface area contributed by atoms with E-state index in [2.05, 4.69) is 37.0 Å². The normalized spacial score (nSPS) is 21.2. The van der Waals surface area contributed by atoms with E-state index in [0.717, 1.165) is 36.3 Å². The van der Waals surface area contributed by atoms with Gasteiger partial charge in [-0.25, -0.2) is 9.78 Å². The Morgan fingerprint density at radius 1 is 1.29 bits per heavy atom. The number of anilines is 3. The van der Waals surface area contributed by atoms with E-state index in [4.69, 9.17) is 9.72 Å². The van der Waals surface area contributed by atoms with E-state index < -0.39 is 5.60 Å². The number of nitrogens with one attached hydrogen (secondary N) is 3. The molecule has 2 aromatic rings. The number of nitriles is 1. The van der Waals surface area contributed by atoms with Gasteiger partial charge >= 0.3 is 6.09 Å². The molecular formula is C24H35N9O2. The van der Waals surface area contributed by atoms with Crippen molar-refractivity contribution in [2.24, 2.45) is 7.05 Å². The van der Waals surface area contributed by atoms with E-state index >= 15 is 0 Å². The van der Waals surface area contributed by atoms with Gasteiger partial charge in [-0.15, -0.1) is 0 Å². The van der Waals surface area contributed by atoms with Crippen LogP contribution in [0.25, 0.3) is 0 Å². The van der Waals surface area contributed by atoms with Crippen molar-refractivity contribution in [1.29, 1.82) is 5.26 Å². The Balaban J connectivity index is 1.35. The Morgan fingerprint density at radius 3 is 2.69 bits per heavy atom. The maximum Gasteiger partial charge on any atom is 0.407 e. The molecule has 4 rings (SSSR count). The summed E-state index contributed by atoms with van der Waals surface area (Å²) in [6.07, 6.45) is 8.08. The highest BCUT2D eigenvalue weighted by molar-refractivity contribution is 5.68. The second kappa shape index (κ2) is 9.70. The Morgan fingerprint density at radius 2 is 2.03 bits per heavy atom. The number of amides is 1. The van der Waals surface area contributed by atoms with Gasteiger partial charge in [0.1, 0.15) is 11.4 Å². The predicted octanol–water partition coefficient (Wildman–Crippen LogP) is 2.77. The van der Waals surface area contributed by atoms with Gasteiger partial charge in [-0.2, -0.15) is 15.3 Å². The third-order valence-electron chi connectivity index (χ3n) is 6.27. The molecule has 2 aliphatic rings. The van der Waals surface area contributed by atoms with Crippen molar-refractivity contribution < 1.29 is 9.53 Å². The lowest BCUT2D eigenvalue weighted by atomic mass is 9.85.